The third-order valence-corrected chi connectivity index (χ3v) is 3.80. The fourth-order valence-corrected chi connectivity index (χ4v) is 2.26. The second kappa shape index (κ2) is 5.41. The summed E-state index contributed by atoms with van der Waals surface area (Å²) in [6.45, 7) is 3.06. The number of para-hydroxylation sites is 1. The van der Waals surface area contributed by atoms with Crippen LogP contribution in [0, 0.1) is 16.7 Å². The van der Waals surface area contributed by atoms with Gasteiger partial charge >= 0.3 is 0 Å². The zero-order chi connectivity index (χ0) is 13.0. The van der Waals surface area contributed by atoms with E-state index in [1.807, 2.05) is 18.2 Å². The molecule has 0 aromatic heterocycles. The molecule has 3 nitrogen and oxygen atoms in total. The van der Waals surface area contributed by atoms with Gasteiger partial charge in [-0.2, -0.15) is 5.26 Å². The Bertz CT molecular complexity index is 446. The summed E-state index contributed by atoms with van der Waals surface area (Å²) in [7, 11) is 1.70. The van der Waals surface area contributed by atoms with Crippen molar-refractivity contribution in [2.75, 3.05) is 13.7 Å². The number of rotatable bonds is 6. The van der Waals surface area contributed by atoms with E-state index < -0.39 is 0 Å². The molecule has 96 valence electrons. The van der Waals surface area contributed by atoms with Crippen molar-refractivity contribution >= 4 is 0 Å². The van der Waals surface area contributed by atoms with E-state index in [1.165, 1.54) is 18.4 Å². The van der Waals surface area contributed by atoms with Gasteiger partial charge in [0.1, 0.15) is 5.75 Å². The molecule has 0 radical (unpaired) electrons. The molecule has 1 fully saturated rings. The molecular weight excluding hydrogens is 224 g/mol. The first-order chi connectivity index (χ1) is 8.71. The first-order valence-electron chi connectivity index (χ1n) is 6.44. The van der Waals surface area contributed by atoms with Crippen LogP contribution >= 0.6 is 0 Å². The minimum Gasteiger partial charge on any atom is -0.496 e. The van der Waals surface area contributed by atoms with Crippen LogP contribution in [0.5, 0.6) is 5.75 Å². The minimum atomic E-state index is 0.241. The van der Waals surface area contributed by atoms with Gasteiger partial charge in [-0.3, -0.25) is 0 Å². The Kier molecular flexibility index (Phi) is 3.88. The Labute approximate surface area is 109 Å². The highest BCUT2D eigenvalue weighted by Gasteiger charge is 2.42. The summed E-state index contributed by atoms with van der Waals surface area (Å²) in [6.07, 6.45) is 3.01. The van der Waals surface area contributed by atoms with Crippen LogP contribution in [-0.4, -0.2) is 13.7 Å². The molecule has 0 unspecified atom stereocenters. The van der Waals surface area contributed by atoms with Crippen LogP contribution in [0.25, 0.3) is 0 Å². The maximum absolute atomic E-state index is 8.81. The second-order valence-electron chi connectivity index (χ2n) is 5.18. The molecule has 1 aromatic rings. The van der Waals surface area contributed by atoms with Crippen LogP contribution in [-0.2, 0) is 0 Å². The molecule has 1 aliphatic carbocycles. The molecular formula is C15H20N2O. The van der Waals surface area contributed by atoms with Crippen LogP contribution in [0.3, 0.4) is 0 Å². The molecule has 1 aliphatic rings. The van der Waals surface area contributed by atoms with Gasteiger partial charge in [0.25, 0.3) is 0 Å². The van der Waals surface area contributed by atoms with Gasteiger partial charge in [-0.1, -0.05) is 18.2 Å². The average Bonchev–Trinajstić information content (AvgIpc) is 3.16. The molecule has 1 atom stereocenters. The molecule has 0 spiro atoms. The van der Waals surface area contributed by atoms with E-state index in [9.17, 15) is 0 Å². The minimum absolute atomic E-state index is 0.241. The van der Waals surface area contributed by atoms with E-state index in [2.05, 4.69) is 24.4 Å². The summed E-state index contributed by atoms with van der Waals surface area (Å²) in [5.74, 6) is 0.919. The SMILES string of the molecule is COc1ccccc1[C@@H](C)NCC1(CC#N)CC1. The van der Waals surface area contributed by atoms with Gasteiger partial charge in [0.2, 0.25) is 0 Å². The van der Waals surface area contributed by atoms with Crippen LogP contribution in [0.4, 0.5) is 0 Å². The van der Waals surface area contributed by atoms with E-state index in [4.69, 9.17) is 10.00 Å². The van der Waals surface area contributed by atoms with Crippen molar-refractivity contribution in [1.82, 2.24) is 5.32 Å². The highest BCUT2D eigenvalue weighted by Crippen LogP contribution is 2.48. The molecule has 0 saturated heterocycles. The van der Waals surface area contributed by atoms with E-state index in [-0.39, 0.29) is 11.5 Å². The van der Waals surface area contributed by atoms with Crippen molar-refractivity contribution in [2.45, 2.75) is 32.2 Å². The van der Waals surface area contributed by atoms with E-state index in [0.29, 0.717) is 6.42 Å². The van der Waals surface area contributed by atoms with Crippen molar-refractivity contribution in [3.05, 3.63) is 29.8 Å². The average molecular weight is 244 g/mol. The van der Waals surface area contributed by atoms with Crippen LogP contribution in [0.15, 0.2) is 24.3 Å². The quantitative estimate of drug-likeness (QED) is 0.836. The smallest absolute Gasteiger partial charge is 0.123 e. The van der Waals surface area contributed by atoms with Gasteiger partial charge in [-0.05, 0) is 31.2 Å². The fourth-order valence-electron chi connectivity index (χ4n) is 2.26. The largest absolute Gasteiger partial charge is 0.496 e. The molecule has 3 heteroatoms. The molecule has 2 rings (SSSR count). The molecule has 0 amide bonds. The Hall–Kier alpha value is -1.53. The monoisotopic (exact) mass is 244 g/mol. The zero-order valence-corrected chi connectivity index (χ0v) is 11.1. The van der Waals surface area contributed by atoms with Crippen molar-refractivity contribution in [1.29, 1.82) is 5.26 Å². The second-order valence-corrected chi connectivity index (χ2v) is 5.18. The van der Waals surface area contributed by atoms with E-state index in [0.717, 1.165) is 12.3 Å². The Morgan fingerprint density at radius 1 is 1.44 bits per heavy atom. The summed E-state index contributed by atoms with van der Waals surface area (Å²) >= 11 is 0. The fraction of sp³-hybridized carbons (Fsp3) is 0.533. The van der Waals surface area contributed by atoms with Gasteiger partial charge in [0.15, 0.2) is 0 Å². The zero-order valence-electron chi connectivity index (χ0n) is 11.1. The summed E-state index contributed by atoms with van der Waals surface area (Å²) < 4.78 is 5.37. The maximum atomic E-state index is 8.81. The van der Waals surface area contributed by atoms with Crippen LogP contribution < -0.4 is 10.1 Å². The first kappa shape index (κ1) is 12.9. The Morgan fingerprint density at radius 2 is 2.17 bits per heavy atom. The predicted molar refractivity (Wildman–Crippen MR) is 71.3 cm³/mol. The maximum Gasteiger partial charge on any atom is 0.123 e. The molecule has 0 heterocycles. The van der Waals surface area contributed by atoms with Crippen molar-refractivity contribution in [3.8, 4) is 11.8 Å². The molecule has 1 aromatic carbocycles. The van der Waals surface area contributed by atoms with Crippen molar-refractivity contribution in [3.63, 3.8) is 0 Å². The molecule has 1 N–H and O–H groups in total. The molecule has 1 saturated carbocycles. The lowest BCUT2D eigenvalue weighted by Crippen LogP contribution is -2.26. The first-order valence-corrected chi connectivity index (χ1v) is 6.44. The molecule has 18 heavy (non-hydrogen) atoms. The van der Waals surface area contributed by atoms with Crippen LogP contribution in [0.2, 0.25) is 0 Å². The van der Waals surface area contributed by atoms with Crippen molar-refractivity contribution in [2.24, 2.45) is 5.41 Å². The summed E-state index contributed by atoms with van der Waals surface area (Å²) in [6, 6.07) is 10.6. The number of nitrogens with one attached hydrogen (secondary N) is 1. The number of methoxy groups -OCH3 is 1. The van der Waals surface area contributed by atoms with E-state index in [1.54, 1.807) is 7.11 Å². The Morgan fingerprint density at radius 3 is 2.78 bits per heavy atom. The van der Waals surface area contributed by atoms with Gasteiger partial charge in [0, 0.05) is 24.6 Å². The normalized spacial score (nSPS) is 17.8. The lowest BCUT2D eigenvalue weighted by atomic mass is 10.0. The molecule has 0 aliphatic heterocycles. The van der Waals surface area contributed by atoms with Gasteiger partial charge in [0.05, 0.1) is 13.2 Å². The van der Waals surface area contributed by atoms with Gasteiger partial charge < -0.3 is 10.1 Å². The number of nitrogens with zero attached hydrogens (tertiary/aromatic N) is 1. The third-order valence-electron chi connectivity index (χ3n) is 3.80. The van der Waals surface area contributed by atoms with E-state index >= 15 is 0 Å². The number of benzene rings is 1. The lowest BCUT2D eigenvalue weighted by Gasteiger charge is -2.20. The number of ether oxygens (including phenoxy) is 1. The Balaban J connectivity index is 1.96. The topological polar surface area (TPSA) is 45.0 Å². The lowest BCUT2D eigenvalue weighted by molar-refractivity contribution is 0.391. The number of nitriles is 1. The highest BCUT2D eigenvalue weighted by molar-refractivity contribution is 5.35. The highest BCUT2D eigenvalue weighted by atomic mass is 16.5. The summed E-state index contributed by atoms with van der Waals surface area (Å²) in [4.78, 5) is 0. The third kappa shape index (κ3) is 2.83. The van der Waals surface area contributed by atoms with Crippen molar-refractivity contribution < 1.29 is 4.74 Å². The number of hydrogen-bond donors (Lipinski definition) is 1. The summed E-state index contributed by atoms with van der Waals surface area (Å²) in [5, 5.41) is 12.3. The standard InChI is InChI=1S/C15H20N2O/c1-12(13-5-3-4-6-14(13)18-2)17-11-15(7-8-15)9-10-16/h3-6,12,17H,7-9,11H2,1-2H3/t12-/m1/s1. The van der Waals surface area contributed by atoms with Gasteiger partial charge in [-0.15, -0.1) is 0 Å². The predicted octanol–water partition coefficient (Wildman–Crippen LogP) is 3.04. The molecule has 0 bridgehead atoms. The van der Waals surface area contributed by atoms with Gasteiger partial charge in [-0.25, -0.2) is 0 Å². The summed E-state index contributed by atoms with van der Waals surface area (Å²) in [5.41, 5.74) is 1.41. The number of hydrogen-bond acceptors (Lipinski definition) is 3. The van der Waals surface area contributed by atoms with Crippen LogP contribution in [0.1, 0.15) is 37.8 Å².